The molecular formula is C13H13Cl2NO3. The Morgan fingerprint density at radius 1 is 1.26 bits per heavy atom. The summed E-state index contributed by atoms with van der Waals surface area (Å²) in [5.74, 6) is 0.432. The number of likely N-dealkylation sites (tertiary alicyclic amines) is 1. The van der Waals surface area contributed by atoms with Crippen molar-refractivity contribution in [1.29, 1.82) is 0 Å². The van der Waals surface area contributed by atoms with Gasteiger partial charge in [-0.3, -0.25) is 9.59 Å². The zero-order valence-corrected chi connectivity index (χ0v) is 11.7. The average molecular weight is 302 g/mol. The topological polar surface area (TPSA) is 46.6 Å². The van der Waals surface area contributed by atoms with Gasteiger partial charge in [-0.1, -0.05) is 23.2 Å². The Bertz CT molecular complexity index is 495. The normalized spacial score (nSPS) is 15.5. The molecule has 19 heavy (non-hydrogen) atoms. The Balaban J connectivity index is 1.89. The van der Waals surface area contributed by atoms with Crippen LogP contribution in [0.25, 0.3) is 0 Å². The second-order valence-corrected chi connectivity index (χ2v) is 5.13. The molecule has 102 valence electrons. The number of benzene rings is 1. The van der Waals surface area contributed by atoms with Crippen LogP contribution in [-0.2, 0) is 9.59 Å². The summed E-state index contributed by atoms with van der Waals surface area (Å²) in [6.07, 6.45) is 0.841. The van der Waals surface area contributed by atoms with Crippen LogP contribution in [-0.4, -0.2) is 36.3 Å². The van der Waals surface area contributed by atoms with Crippen LogP contribution in [0.3, 0.4) is 0 Å². The molecule has 6 heteroatoms. The van der Waals surface area contributed by atoms with E-state index in [2.05, 4.69) is 0 Å². The third kappa shape index (κ3) is 3.85. The summed E-state index contributed by atoms with van der Waals surface area (Å²) >= 11 is 11.8. The molecule has 1 fully saturated rings. The zero-order valence-electron chi connectivity index (χ0n) is 10.2. The van der Waals surface area contributed by atoms with Gasteiger partial charge in [0.05, 0.1) is 5.02 Å². The molecule has 0 bridgehead atoms. The number of hydrogen-bond donors (Lipinski definition) is 0. The molecular weight excluding hydrogens is 289 g/mol. The molecule has 1 aromatic carbocycles. The molecule has 0 aliphatic carbocycles. The van der Waals surface area contributed by atoms with E-state index in [1.165, 1.54) is 0 Å². The van der Waals surface area contributed by atoms with Crippen LogP contribution in [0.1, 0.15) is 12.8 Å². The second kappa shape index (κ2) is 6.26. The first kappa shape index (κ1) is 14.2. The Morgan fingerprint density at radius 2 is 1.95 bits per heavy atom. The Labute approximate surface area is 121 Å². The van der Waals surface area contributed by atoms with Crippen molar-refractivity contribution in [2.45, 2.75) is 12.8 Å². The highest BCUT2D eigenvalue weighted by molar-refractivity contribution is 6.34. The lowest BCUT2D eigenvalue weighted by molar-refractivity contribution is -0.136. The summed E-state index contributed by atoms with van der Waals surface area (Å²) in [7, 11) is 0. The van der Waals surface area contributed by atoms with Gasteiger partial charge in [0, 0.05) is 37.0 Å². The van der Waals surface area contributed by atoms with E-state index in [4.69, 9.17) is 27.9 Å². The highest BCUT2D eigenvalue weighted by Crippen LogP contribution is 2.27. The standard InChI is InChI=1S/C13H13Cl2NO3/c14-9-1-2-11(15)12(7-9)19-8-13(18)16-5-3-10(17)4-6-16/h1-2,7H,3-6,8H2. The van der Waals surface area contributed by atoms with Crippen LogP contribution in [0.15, 0.2) is 18.2 Å². The van der Waals surface area contributed by atoms with Crippen LogP contribution >= 0.6 is 23.2 Å². The lowest BCUT2D eigenvalue weighted by Gasteiger charge is -2.26. The van der Waals surface area contributed by atoms with Crippen LogP contribution in [0.5, 0.6) is 5.75 Å². The van der Waals surface area contributed by atoms with Crippen LogP contribution < -0.4 is 4.74 Å². The van der Waals surface area contributed by atoms with E-state index in [1.807, 2.05) is 0 Å². The lowest BCUT2D eigenvalue weighted by Crippen LogP contribution is -2.41. The van der Waals surface area contributed by atoms with E-state index in [-0.39, 0.29) is 18.3 Å². The highest BCUT2D eigenvalue weighted by Gasteiger charge is 2.21. The number of hydrogen-bond acceptors (Lipinski definition) is 3. The van der Waals surface area contributed by atoms with Gasteiger partial charge in [-0.25, -0.2) is 0 Å². The number of amides is 1. The molecule has 0 aromatic heterocycles. The number of rotatable bonds is 3. The summed E-state index contributed by atoms with van der Waals surface area (Å²) in [5, 5.41) is 0.904. The summed E-state index contributed by atoms with van der Waals surface area (Å²) < 4.78 is 5.37. The lowest BCUT2D eigenvalue weighted by atomic mass is 10.1. The molecule has 1 aliphatic rings. The van der Waals surface area contributed by atoms with E-state index < -0.39 is 0 Å². The van der Waals surface area contributed by atoms with Crippen LogP contribution in [0, 0.1) is 0 Å². The van der Waals surface area contributed by atoms with E-state index >= 15 is 0 Å². The van der Waals surface area contributed by atoms with Gasteiger partial charge in [-0.2, -0.15) is 0 Å². The van der Waals surface area contributed by atoms with Gasteiger partial charge in [0.15, 0.2) is 6.61 Å². The van der Waals surface area contributed by atoms with Crippen molar-refractivity contribution in [3.8, 4) is 5.75 Å². The molecule has 1 aromatic rings. The minimum Gasteiger partial charge on any atom is -0.482 e. The largest absolute Gasteiger partial charge is 0.482 e. The first-order valence-corrected chi connectivity index (χ1v) is 6.69. The second-order valence-electron chi connectivity index (χ2n) is 4.28. The monoisotopic (exact) mass is 301 g/mol. The van der Waals surface area contributed by atoms with Crippen molar-refractivity contribution in [3.63, 3.8) is 0 Å². The van der Waals surface area contributed by atoms with E-state index in [0.29, 0.717) is 41.7 Å². The zero-order chi connectivity index (χ0) is 13.8. The number of carbonyl (C=O) groups is 2. The number of piperidine rings is 1. The van der Waals surface area contributed by atoms with Gasteiger partial charge < -0.3 is 9.64 Å². The van der Waals surface area contributed by atoms with Crippen molar-refractivity contribution in [2.24, 2.45) is 0 Å². The number of carbonyl (C=O) groups excluding carboxylic acids is 2. The van der Waals surface area contributed by atoms with Crippen molar-refractivity contribution in [2.75, 3.05) is 19.7 Å². The summed E-state index contributed by atoms with van der Waals surface area (Å²) in [5.41, 5.74) is 0. The van der Waals surface area contributed by atoms with Gasteiger partial charge in [-0.15, -0.1) is 0 Å². The fourth-order valence-electron chi connectivity index (χ4n) is 1.82. The van der Waals surface area contributed by atoms with Crippen LogP contribution in [0.2, 0.25) is 10.0 Å². The third-order valence-electron chi connectivity index (χ3n) is 2.92. The SMILES string of the molecule is O=C1CCN(C(=O)COc2cc(Cl)ccc2Cl)CC1. The first-order valence-electron chi connectivity index (χ1n) is 5.93. The molecule has 0 saturated carbocycles. The quantitative estimate of drug-likeness (QED) is 0.862. The molecule has 1 aliphatic heterocycles. The summed E-state index contributed by atoms with van der Waals surface area (Å²) in [4.78, 5) is 24.6. The van der Waals surface area contributed by atoms with Crippen molar-refractivity contribution < 1.29 is 14.3 Å². The summed E-state index contributed by atoms with van der Waals surface area (Å²) in [6, 6.07) is 4.83. The van der Waals surface area contributed by atoms with Crippen molar-refractivity contribution >= 4 is 34.9 Å². The van der Waals surface area contributed by atoms with E-state index in [1.54, 1.807) is 23.1 Å². The molecule has 1 amide bonds. The van der Waals surface area contributed by atoms with Gasteiger partial charge in [0.1, 0.15) is 11.5 Å². The maximum absolute atomic E-state index is 11.9. The fourth-order valence-corrected chi connectivity index (χ4v) is 2.16. The predicted molar refractivity (Wildman–Crippen MR) is 72.8 cm³/mol. The molecule has 0 N–H and O–H groups in total. The third-order valence-corrected chi connectivity index (χ3v) is 3.47. The number of ether oxygens (including phenoxy) is 1. The number of Topliss-reactive ketones (excluding diaryl/α,β-unsaturated/α-hetero) is 1. The minimum atomic E-state index is -0.149. The number of halogens is 2. The maximum atomic E-state index is 11.9. The molecule has 0 radical (unpaired) electrons. The molecule has 1 heterocycles. The maximum Gasteiger partial charge on any atom is 0.260 e. The molecule has 0 atom stereocenters. The Hall–Kier alpha value is -1.26. The first-order chi connectivity index (χ1) is 9.06. The molecule has 1 saturated heterocycles. The number of ketones is 1. The Kier molecular flexibility index (Phi) is 4.66. The highest BCUT2D eigenvalue weighted by atomic mass is 35.5. The minimum absolute atomic E-state index is 0.103. The average Bonchev–Trinajstić information content (AvgIpc) is 2.40. The molecule has 0 unspecified atom stereocenters. The van der Waals surface area contributed by atoms with E-state index in [0.717, 1.165) is 0 Å². The van der Waals surface area contributed by atoms with Crippen LogP contribution in [0.4, 0.5) is 0 Å². The smallest absolute Gasteiger partial charge is 0.260 e. The van der Waals surface area contributed by atoms with Gasteiger partial charge >= 0.3 is 0 Å². The fraction of sp³-hybridized carbons (Fsp3) is 0.385. The molecule has 2 rings (SSSR count). The predicted octanol–water partition coefficient (Wildman–Crippen LogP) is 2.56. The summed E-state index contributed by atoms with van der Waals surface area (Å²) in [6.45, 7) is 0.822. The molecule has 0 spiro atoms. The number of nitrogens with zero attached hydrogens (tertiary/aromatic N) is 1. The van der Waals surface area contributed by atoms with E-state index in [9.17, 15) is 9.59 Å². The van der Waals surface area contributed by atoms with Gasteiger partial charge in [-0.05, 0) is 12.1 Å². The molecule has 4 nitrogen and oxygen atoms in total. The van der Waals surface area contributed by atoms with Crippen molar-refractivity contribution in [1.82, 2.24) is 4.90 Å². The van der Waals surface area contributed by atoms with Gasteiger partial charge in [0.2, 0.25) is 0 Å². The van der Waals surface area contributed by atoms with Crippen molar-refractivity contribution in [3.05, 3.63) is 28.2 Å². The van der Waals surface area contributed by atoms with Gasteiger partial charge in [0.25, 0.3) is 5.91 Å². The Morgan fingerprint density at radius 3 is 2.63 bits per heavy atom.